The molecule has 1 saturated heterocycles. The molecule has 0 spiro atoms. The van der Waals surface area contributed by atoms with E-state index in [1.54, 1.807) is 24.5 Å². The number of nitrogens with zero attached hydrogens (tertiary/aromatic N) is 2. The number of amides is 2. The number of hydrogen-bond donors (Lipinski definition) is 2. The predicted molar refractivity (Wildman–Crippen MR) is 52.7 cm³/mol. The van der Waals surface area contributed by atoms with Gasteiger partial charge >= 0.3 is 0 Å². The molecular weight excluding hydrogens is 198 g/mol. The first-order valence-electron chi connectivity index (χ1n) is 5.08. The summed E-state index contributed by atoms with van der Waals surface area (Å²) in [6, 6.07) is -0.582. The zero-order valence-corrected chi connectivity index (χ0v) is 9.06. The third kappa shape index (κ3) is 2.45. The van der Waals surface area contributed by atoms with Crippen LogP contribution in [0.2, 0.25) is 0 Å². The summed E-state index contributed by atoms with van der Waals surface area (Å²) in [5, 5.41) is 11.7. The smallest absolute Gasteiger partial charge is 0.267 e. The Labute approximate surface area is 88.8 Å². The van der Waals surface area contributed by atoms with Crippen molar-refractivity contribution in [2.75, 3.05) is 13.6 Å². The van der Waals surface area contributed by atoms with Gasteiger partial charge in [-0.2, -0.15) is 0 Å². The molecule has 0 unspecified atom stereocenters. The van der Waals surface area contributed by atoms with Gasteiger partial charge in [0.2, 0.25) is 5.91 Å². The van der Waals surface area contributed by atoms with Crippen LogP contribution in [0.4, 0.5) is 0 Å². The summed E-state index contributed by atoms with van der Waals surface area (Å²) in [5.74, 6) is -0.630. The summed E-state index contributed by atoms with van der Waals surface area (Å²) < 4.78 is 0. The maximum Gasteiger partial charge on any atom is 0.267 e. The summed E-state index contributed by atoms with van der Waals surface area (Å²) in [7, 11) is 1.77. The molecule has 15 heavy (non-hydrogen) atoms. The highest BCUT2D eigenvalue weighted by molar-refractivity contribution is 5.86. The van der Waals surface area contributed by atoms with Crippen LogP contribution in [0, 0.1) is 0 Å². The zero-order valence-electron chi connectivity index (χ0n) is 9.06. The number of hydroxylamine groups is 1. The first-order chi connectivity index (χ1) is 7.11. The highest BCUT2D eigenvalue weighted by atomic mass is 16.5. The second-order valence-corrected chi connectivity index (χ2v) is 3.61. The minimum Gasteiger partial charge on any atom is -0.289 e. The molecule has 86 valence electrons. The van der Waals surface area contributed by atoms with E-state index < -0.39 is 11.9 Å². The Morgan fingerprint density at radius 1 is 1.53 bits per heavy atom. The van der Waals surface area contributed by atoms with Crippen LogP contribution in [0.3, 0.4) is 0 Å². The maximum atomic E-state index is 11.6. The molecule has 0 aromatic heterocycles. The molecular formula is C9H17N3O3. The normalized spacial score (nSPS) is 22.6. The lowest BCUT2D eigenvalue weighted by molar-refractivity contribution is -0.166. The standard InChI is InChI=1S/C9H17N3O3/c1-3-8(13)12-7(9(14)10-15)5-4-6-11(12)2/h7,15H,3-6H2,1-2H3,(H,10,14)/t7-/m1/s1. The largest absolute Gasteiger partial charge is 0.289 e. The van der Waals surface area contributed by atoms with Crippen LogP contribution in [-0.2, 0) is 9.59 Å². The van der Waals surface area contributed by atoms with Crippen LogP contribution in [-0.4, -0.2) is 46.7 Å². The average Bonchev–Trinajstić information content (AvgIpc) is 2.26. The van der Waals surface area contributed by atoms with E-state index in [0.717, 1.165) is 13.0 Å². The van der Waals surface area contributed by atoms with Gasteiger partial charge < -0.3 is 0 Å². The maximum absolute atomic E-state index is 11.6. The van der Waals surface area contributed by atoms with Gasteiger partial charge in [0.25, 0.3) is 5.91 Å². The van der Waals surface area contributed by atoms with Gasteiger partial charge in [0.05, 0.1) is 0 Å². The summed E-state index contributed by atoms with van der Waals surface area (Å²) in [5.41, 5.74) is 1.60. The molecule has 0 aromatic carbocycles. The van der Waals surface area contributed by atoms with E-state index in [1.165, 1.54) is 5.01 Å². The van der Waals surface area contributed by atoms with Crippen LogP contribution in [0.5, 0.6) is 0 Å². The minimum absolute atomic E-state index is 0.106. The molecule has 1 heterocycles. The van der Waals surface area contributed by atoms with Crippen molar-refractivity contribution in [3.8, 4) is 0 Å². The molecule has 0 saturated carbocycles. The fourth-order valence-electron chi connectivity index (χ4n) is 1.82. The lowest BCUT2D eigenvalue weighted by Gasteiger charge is -2.40. The van der Waals surface area contributed by atoms with Gasteiger partial charge in [0, 0.05) is 20.0 Å². The van der Waals surface area contributed by atoms with Crippen molar-refractivity contribution < 1.29 is 14.8 Å². The number of nitrogens with one attached hydrogen (secondary N) is 1. The van der Waals surface area contributed by atoms with Crippen LogP contribution in [0.25, 0.3) is 0 Å². The zero-order chi connectivity index (χ0) is 11.4. The van der Waals surface area contributed by atoms with E-state index in [-0.39, 0.29) is 5.91 Å². The van der Waals surface area contributed by atoms with Crippen molar-refractivity contribution in [3.05, 3.63) is 0 Å². The lowest BCUT2D eigenvalue weighted by atomic mass is 10.1. The van der Waals surface area contributed by atoms with Gasteiger partial charge in [-0.25, -0.2) is 10.5 Å². The Hall–Kier alpha value is -1.14. The van der Waals surface area contributed by atoms with Crippen molar-refractivity contribution in [1.29, 1.82) is 0 Å². The van der Waals surface area contributed by atoms with E-state index >= 15 is 0 Å². The van der Waals surface area contributed by atoms with Crippen molar-refractivity contribution in [1.82, 2.24) is 15.5 Å². The van der Waals surface area contributed by atoms with Crippen LogP contribution >= 0.6 is 0 Å². The summed E-state index contributed by atoms with van der Waals surface area (Å²) >= 11 is 0. The second kappa shape index (κ2) is 5.09. The predicted octanol–water partition coefficient (Wildman–Crippen LogP) is -0.260. The fourth-order valence-corrected chi connectivity index (χ4v) is 1.82. The van der Waals surface area contributed by atoms with Gasteiger partial charge in [0.1, 0.15) is 6.04 Å². The molecule has 6 nitrogen and oxygen atoms in total. The summed E-state index contributed by atoms with van der Waals surface area (Å²) in [4.78, 5) is 23.0. The molecule has 1 rings (SSSR count). The molecule has 6 heteroatoms. The van der Waals surface area contributed by atoms with Crippen molar-refractivity contribution in [2.24, 2.45) is 0 Å². The Kier molecular flexibility index (Phi) is 4.05. The minimum atomic E-state index is -0.582. The van der Waals surface area contributed by atoms with Gasteiger partial charge in [-0.1, -0.05) is 6.92 Å². The van der Waals surface area contributed by atoms with Crippen LogP contribution in [0.15, 0.2) is 0 Å². The van der Waals surface area contributed by atoms with Gasteiger partial charge in [-0.05, 0) is 12.8 Å². The SMILES string of the molecule is CCC(=O)N1[C@@H](C(=O)NO)CCCN1C. The number of hydrazine groups is 1. The van der Waals surface area contributed by atoms with Gasteiger partial charge in [-0.3, -0.25) is 19.8 Å². The monoisotopic (exact) mass is 215 g/mol. The van der Waals surface area contributed by atoms with E-state index in [9.17, 15) is 9.59 Å². The fraction of sp³-hybridized carbons (Fsp3) is 0.778. The van der Waals surface area contributed by atoms with Crippen molar-refractivity contribution in [3.63, 3.8) is 0 Å². The molecule has 2 amide bonds. The average molecular weight is 215 g/mol. The highest BCUT2D eigenvalue weighted by Crippen LogP contribution is 2.17. The van der Waals surface area contributed by atoms with Crippen LogP contribution in [0.1, 0.15) is 26.2 Å². The van der Waals surface area contributed by atoms with E-state index in [0.29, 0.717) is 12.8 Å². The quantitative estimate of drug-likeness (QED) is 0.491. The molecule has 1 fully saturated rings. The number of hydrogen-bond acceptors (Lipinski definition) is 4. The van der Waals surface area contributed by atoms with Crippen molar-refractivity contribution in [2.45, 2.75) is 32.2 Å². The highest BCUT2D eigenvalue weighted by Gasteiger charge is 2.34. The number of carbonyl (C=O) groups is 2. The van der Waals surface area contributed by atoms with Crippen LogP contribution < -0.4 is 5.48 Å². The topological polar surface area (TPSA) is 72.9 Å². The lowest BCUT2D eigenvalue weighted by Crippen LogP contribution is -2.58. The first kappa shape index (κ1) is 11.9. The number of carbonyl (C=O) groups excluding carboxylic acids is 2. The van der Waals surface area contributed by atoms with E-state index in [1.807, 2.05) is 0 Å². The Morgan fingerprint density at radius 2 is 2.20 bits per heavy atom. The molecule has 1 aliphatic rings. The Morgan fingerprint density at radius 3 is 2.73 bits per heavy atom. The molecule has 0 aliphatic carbocycles. The van der Waals surface area contributed by atoms with Gasteiger partial charge in [0.15, 0.2) is 0 Å². The molecule has 0 radical (unpaired) electrons. The van der Waals surface area contributed by atoms with Gasteiger partial charge in [-0.15, -0.1) is 0 Å². The first-order valence-corrected chi connectivity index (χ1v) is 5.08. The summed E-state index contributed by atoms with van der Waals surface area (Å²) in [6.07, 6.45) is 1.77. The third-order valence-electron chi connectivity index (χ3n) is 2.59. The van der Waals surface area contributed by atoms with Crippen molar-refractivity contribution >= 4 is 11.8 Å². The Balaban J connectivity index is 2.81. The molecule has 0 aromatic rings. The molecule has 1 atom stereocenters. The number of rotatable bonds is 2. The summed E-state index contributed by atoms with van der Waals surface area (Å²) in [6.45, 7) is 2.50. The molecule has 1 aliphatic heterocycles. The Bertz CT molecular complexity index is 257. The second-order valence-electron chi connectivity index (χ2n) is 3.61. The van der Waals surface area contributed by atoms with E-state index in [2.05, 4.69) is 0 Å². The third-order valence-corrected chi connectivity index (χ3v) is 2.59. The molecule has 0 bridgehead atoms. The van der Waals surface area contributed by atoms with E-state index in [4.69, 9.17) is 5.21 Å². The molecule has 2 N–H and O–H groups in total.